The summed E-state index contributed by atoms with van der Waals surface area (Å²) in [4.78, 5) is 10.5. The van der Waals surface area contributed by atoms with Crippen molar-refractivity contribution in [3.8, 4) is 11.5 Å². The van der Waals surface area contributed by atoms with Gasteiger partial charge in [0.2, 0.25) is 0 Å². The van der Waals surface area contributed by atoms with Gasteiger partial charge in [0.1, 0.15) is 11.5 Å². The first kappa shape index (κ1) is 28.9. The summed E-state index contributed by atoms with van der Waals surface area (Å²) in [6, 6.07) is 8.97. The van der Waals surface area contributed by atoms with Crippen LogP contribution in [0.15, 0.2) is 36.4 Å². The fourth-order valence-electron chi connectivity index (χ4n) is 2.09. The van der Waals surface area contributed by atoms with Crippen LogP contribution >= 0.6 is 0 Å². The second-order valence-electron chi connectivity index (χ2n) is 5.10. The van der Waals surface area contributed by atoms with Gasteiger partial charge in [0.15, 0.2) is 6.29 Å². The monoisotopic (exact) mass is 397 g/mol. The van der Waals surface area contributed by atoms with Crippen molar-refractivity contribution >= 4 is 39.9 Å². The molecule has 143 valence electrons. The number of methoxy groups -OCH3 is 2. The minimum absolute atomic E-state index is 0. The molecule has 0 amide bonds. The maximum atomic E-state index is 10.5. The number of hydrogen-bond donors (Lipinski definition) is 5. The zero-order valence-electron chi connectivity index (χ0n) is 16.9. The van der Waals surface area contributed by atoms with E-state index in [-0.39, 0.29) is 51.5 Å². The van der Waals surface area contributed by atoms with E-state index in [9.17, 15) is 4.79 Å². The number of hydrogen-bond acceptors (Lipinski definition) is 8. The summed E-state index contributed by atoms with van der Waals surface area (Å²) >= 11 is 0. The Hall–Kier alpha value is -1.30. The Morgan fingerprint density at radius 2 is 1.39 bits per heavy atom. The molecule has 0 fully saturated rings. The summed E-state index contributed by atoms with van der Waals surface area (Å²) in [5.74, 6) is 0.950. The molecule has 0 bridgehead atoms. The number of aliphatic hydroxyl groups excluding tert-OH is 1. The number of rotatable bonds is 6. The van der Waals surface area contributed by atoms with E-state index >= 15 is 0 Å². The minimum Gasteiger partial charge on any atom is -1.00 e. The van der Waals surface area contributed by atoms with Gasteiger partial charge in [-0.2, -0.15) is 0 Å². The van der Waals surface area contributed by atoms with Crippen LogP contribution in [0.1, 0.15) is 17.3 Å². The Morgan fingerprint density at radius 3 is 1.79 bits per heavy atom. The standard InChI is InChI=1S/C8H11BO4.C8H9BO4.B.Na.H/c2*1-13-8-3-2-7(9(11)12)4-6(8)5-10;;;/h2-4,10-12H,5H2,1H3;2-5,11-12H,1H3;;;/q;;;+1;-1. The maximum absolute atomic E-state index is 10.5. The van der Waals surface area contributed by atoms with Crippen molar-refractivity contribution in [1.82, 2.24) is 0 Å². The van der Waals surface area contributed by atoms with Crippen molar-refractivity contribution < 1.29 is 70.5 Å². The average molecular weight is 397 g/mol. The number of carbonyl (C=O) groups is 1. The number of aldehydes is 1. The normalized spacial score (nSPS) is 8.96. The number of carbonyl (C=O) groups excluding carboxylic acids is 1. The summed E-state index contributed by atoms with van der Waals surface area (Å²) in [5.41, 5.74) is 1.44. The Balaban J connectivity index is -0.000000422. The summed E-state index contributed by atoms with van der Waals surface area (Å²) in [6.07, 6.45) is 0.602. The van der Waals surface area contributed by atoms with Crippen molar-refractivity contribution in [2.45, 2.75) is 6.61 Å². The van der Waals surface area contributed by atoms with Gasteiger partial charge in [-0.05, 0) is 29.1 Å². The van der Waals surface area contributed by atoms with Crippen LogP contribution in [0, 0.1) is 0 Å². The molecule has 2 aromatic carbocycles. The average Bonchev–Trinajstić information content (AvgIpc) is 2.66. The molecule has 0 aromatic heterocycles. The van der Waals surface area contributed by atoms with Crippen LogP contribution in [0.5, 0.6) is 11.5 Å². The molecule has 0 heterocycles. The molecule has 2 aromatic rings. The first-order valence-electron chi connectivity index (χ1n) is 7.51. The maximum Gasteiger partial charge on any atom is 1.00 e. The van der Waals surface area contributed by atoms with Crippen molar-refractivity contribution in [1.29, 1.82) is 0 Å². The summed E-state index contributed by atoms with van der Waals surface area (Å²) in [5, 5.41) is 44.2. The molecule has 0 saturated heterocycles. The number of aliphatic hydroxyl groups is 1. The van der Waals surface area contributed by atoms with Crippen LogP contribution in [0.4, 0.5) is 0 Å². The predicted octanol–water partition coefficient (Wildman–Crippen LogP) is -5.21. The predicted molar refractivity (Wildman–Crippen MR) is 104 cm³/mol. The summed E-state index contributed by atoms with van der Waals surface area (Å²) in [6.45, 7) is -0.191. The molecule has 12 heteroatoms. The fourth-order valence-corrected chi connectivity index (χ4v) is 2.09. The zero-order chi connectivity index (χ0) is 19.7. The van der Waals surface area contributed by atoms with Crippen molar-refractivity contribution in [2.75, 3.05) is 14.2 Å². The Kier molecular flexibility index (Phi) is 15.1. The Morgan fingerprint density at radius 1 is 0.929 bits per heavy atom. The molecule has 0 aliphatic heterocycles. The third kappa shape index (κ3) is 8.38. The summed E-state index contributed by atoms with van der Waals surface area (Å²) in [7, 11) is -0.151. The van der Waals surface area contributed by atoms with Gasteiger partial charge >= 0.3 is 43.8 Å². The number of ether oxygens (including phenoxy) is 2. The first-order chi connectivity index (χ1) is 12.4. The summed E-state index contributed by atoms with van der Waals surface area (Å²) < 4.78 is 9.82. The molecule has 2 rings (SSSR count). The molecule has 28 heavy (non-hydrogen) atoms. The van der Waals surface area contributed by atoms with Gasteiger partial charge in [0, 0.05) is 14.0 Å². The molecule has 3 radical (unpaired) electrons. The van der Waals surface area contributed by atoms with Crippen LogP contribution < -0.4 is 50.0 Å². The Bertz CT molecular complexity index is 737. The second kappa shape index (κ2) is 14.7. The van der Waals surface area contributed by atoms with Crippen molar-refractivity contribution in [2.24, 2.45) is 0 Å². The van der Waals surface area contributed by atoms with E-state index in [0.717, 1.165) is 0 Å². The van der Waals surface area contributed by atoms with E-state index in [4.69, 9.17) is 34.7 Å². The van der Waals surface area contributed by atoms with Gasteiger partial charge in [0.05, 0.1) is 26.4 Å². The third-order valence-corrected chi connectivity index (χ3v) is 3.45. The van der Waals surface area contributed by atoms with E-state index in [1.54, 1.807) is 6.07 Å². The van der Waals surface area contributed by atoms with E-state index in [0.29, 0.717) is 34.4 Å². The molecule has 0 aliphatic rings. The van der Waals surface area contributed by atoms with Crippen LogP contribution in [-0.2, 0) is 6.61 Å². The van der Waals surface area contributed by atoms with Crippen LogP contribution in [0.25, 0.3) is 0 Å². The molecule has 0 spiro atoms. The van der Waals surface area contributed by atoms with E-state index in [1.165, 1.54) is 44.6 Å². The minimum atomic E-state index is -1.57. The van der Waals surface area contributed by atoms with Crippen molar-refractivity contribution in [3.05, 3.63) is 47.5 Å². The second-order valence-corrected chi connectivity index (χ2v) is 5.10. The Labute approximate surface area is 189 Å². The molecule has 5 N–H and O–H groups in total. The fraction of sp³-hybridized carbons (Fsp3) is 0.188. The topological polar surface area (TPSA) is 137 Å². The molecule has 0 atom stereocenters. The smallest absolute Gasteiger partial charge is 1.00 e. The van der Waals surface area contributed by atoms with Gasteiger partial charge in [-0.1, -0.05) is 18.2 Å². The van der Waals surface area contributed by atoms with Crippen molar-refractivity contribution in [3.63, 3.8) is 0 Å². The molecule has 8 nitrogen and oxygen atoms in total. The molecular formula is C16H21B3NaO8. The SMILES string of the molecule is COc1ccc(B(O)O)cc1C=O.COc1ccc(B(O)O)cc1CO.[B].[H-].[Na+]. The van der Waals surface area contributed by atoms with Gasteiger partial charge in [-0.15, -0.1) is 0 Å². The van der Waals surface area contributed by atoms with Gasteiger partial charge in [-0.3, -0.25) is 4.79 Å². The quantitative estimate of drug-likeness (QED) is 0.241. The molecular weight excluding hydrogens is 376 g/mol. The number of benzene rings is 2. The first-order valence-corrected chi connectivity index (χ1v) is 7.51. The van der Waals surface area contributed by atoms with E-state index in [2.05, 4.69) is 0 Å². The molecule has 0 unspecified atom stereocenters. The van der Waals surface area contributed by atoms with Gasteiger partial charge in [-0.25, -0.2) is 0 Å². The largest absolute Gasteiger partial charge is 1.00 e. The van der Waals surface area contributed by atoms with Crippen LogP contribution in [-0.4, -0.2) is 68.4 Å². The zero-order valence-corrected chi connectivity index (χ0v) is 17.9. The van der Waals surface area contributed by atoms with E-state index < -0.39 is 14.2 Å². The van der Waals surface area contributed by atoms with Crippen LogP contribution in [0.3, 0.4) is 0 Å². The van der Waals surface area contributed by atoms with Gasteiger partial charge < -0.3 is 36.1 Å². The van der Waals surface area contributed by atoms with Crippen LogP contribution in [0.2, 0.25) is 0 Å². The van der Waals surface area contributed by atoms with E-state index in [1.807, 2.05) is 0 Å². The molecule has 0 saturated carbocycles. The third-order valence-electron chi connectivity index (χ3n) is 3.45. The molecule has 0 aliphatic carbocycles. The van der Waals surface area contributed by atoms with Gasteiger partial charge in [0.25, 0.3) is 0 Å².